The molecule has 108 valence electrons. The lowest BCUT2D eigenvalue weighted by molar-refractivity contribution is 0.415. The van der Waals surface area contributed by atoms with E-state index in [1.165, 1.54) is 0 Å². The summed E-state index contributed by atoms with van der Waals surface area (Å²) < 4.78 is 7.36. The van der Waals surface area contributed by atoms with Crippen LogP contribution >= 0.6 is 11.6 Å². The van der Waals surface area contributed by atoms with Gasteiger partial charge < -0.3 is 15.0 Å². The van der Waals surface area contributed by atoms with E-state index in [9.17, 15) is 0 Å². The Morgan fingerprint density at radius 2 is 2.10 bits per heavy atom. The number of aryl methyl sites for hydroxylation is 1. The summed E-state index contributed by atoms with van der Waals surface area (Å²) in [5, 5.41) is 0.689. The normalized spacial score (nSPS) is 11.0. The molecule has 3 aromatic rings. The van der Waals surface area contributed by atoms with E-state index in [2.05, 4.69) is 11.5 Å². The van der Waals surface area contributed by atoms with Gasteiger partial charge in [0.25, 0.3) is 0 Å². The van der Waals surface area contributed by atoms with Gasteiger partial charge in [0.1, 0.15) is 11.6 Å². The van der Waals surface area contributed by atoms with Crippen molar-refractivity contribution in [3.8, 4) is 17.1 Å². The van der Waals surface area contributed by atoms with Gasteiger partial charge in [-0.2, -0.15) is 0 Å². The zero-order chi connectivity index (χ0) is 15.0. The molecule has 0 aliphatic carbocycles. The zero-order valence-corrected chi connectivity index (χ0v) is 12.7. The third kappa shape index (κ3) is 2.21. The topological polar surface area (TPSA) is 53.1 Å². The number of rotatable bonds is 3. The summed E-state index contributed by atoms with van der Waals surface area (Å²) in [7, 11) is 1.63. The molecule has 0 saturated heterocycles. The van der Waals surface area contributed by atoms with Gasteiger partial charge in [-0.05, 0) is 37.3 Å². The molecule has 3 rings (SSSR count). The molecule has 0 aliphatic heterocycles. The number of nitrogen functional groups attached to an aromatic ring is 1. The van der Waals surface area contributed by atoms with Crippen LogP contribution in [0.3, 0.4) is 0 Å². The summed E-state index contributed by atoms with van der Waals surface area (Å²) in [6.45, 7) is 2.82. The smallest absolute Gasteiger partial charge is 0.143 e. The van der Waals surface area contributed by atoms with E-state index in [4.69, 9.17) is 27.1 Å². The molecule has 0 fully saturated rings. The molecule has 5 heteroatoms. The van der Waals surface area contributed by atoms with Gasteiger partial charge in [0.2, 0.25) is 0 Å². The molecular formula is C16H16ClN3O. The summed E-state index contributed by atoms with van der Waals surface area (Å²) in [4.78, 5) is 4.69. The second kappa shape index (κ2) is 5.30. The first-order chi connectivity index (χ1) is 10.2. The maximum absolute atomic E-state index is 6.32. The SMILES string of the molecule is CCn1c(-c2cc(OC)ccc2N)nc2cccc(Cl)c21. The third-order valence-electron chi connectivity index (χ3n) is 3.54. The van der Waals surface area contributed by atoms with Crippen molar-refractivity contribution in [3.05, 3.63) is 41.4 Å². The highest BCUT2D eigenvalue weighted by molar-refractivity contribution is 6.35. The number of hydrogen-bond donors (Lipinski definition) is 1. The molecule has 4 nitrogen and oxygen atoms in total. The minimum Gasteiger partial charge on any atom is -0.497 e. The van der Waals surface area contributed by atoms with Gasteiger partial charge in [0.05, 0.1) is 23.2 Å². The van der Waals surface area contributed by atoms with Crippen LogP contribution in [-0.2, 0) is 6.54 Å². The lowest BCUT2D eigenvalue weighted by Crippen LogP contribution is -2.01. The van der Waals surface area contributed by atoms with Crippen molar-refractivity contribution in [1.29, 1.82) is 0 Å². The minimum atomic E-state index is 0.664. The number of imidazole rings is 1. The minimum absolute atomic E-state index is 0.664. The van der Waals surface area contributed by atoms with Crippen molar-refractivity contribution in [2.75, 3.05) is 12.8 Å². The van der Waals surface area contributed by atoms with Crippen molar-refractivity contribution in [2.45, 2.75) is 13.5 Å². The van der Waals surface area contributed by atoms with Gasteiger partial charge in [-0.1, -0.05) is 17.7 Å². The van der Waals surface area contributed by atoms with Crippen LogP contribution in [0.25, 0.3) is 22.4 Å². The standard InChI is InChI=1S/C16H16ClN3O/c1-3-20-15-12(17)5-4-6-14(15)19-16(20)11-9-10(21-2)7-8-13(11)18/h4-9H,3,18H2,1-2H3. The van der Waals surface area contributed by atoms with E-state index in [-0.39, 0.29) is 0 Å². The van der Waals surface area contributed by atoms with Gasteiger partial charge >= 0.3 is 0 Å². The highest BCUT2D eigenvalue weighted by Gasteiger charge is 2.16. The Balaban J connectivity index is 2.32. The first-order valence-electron chi connectivity index (χ1n) is 6.74. The molecule has 0 amide bonds. The molecule has 1 heterocycles. The molecule has 0 radical (unpaired) electrons. The van der Waals surface area contributed by atoms with E-state index in [1.807, 2.05) is 36.4 Å². The second-order valence-electron chi connectivity index (χ2n) is 4.74. The summed E-state index contributed by atoms with van der Waals surface area (Å²) in [6, 6.07) is 11.3. The van der Waals surface area contributed by atoms with Gasteiger partial charge in [-0.25, -0.2) is 4.98 Å². The van der Waals surface area contributed by atoms with Gasteiger partial charge in [0, 0.05) is 17.8 Å². The van der Waals surface area contributed by atoms with Gasteiger partial charge in [-0.3, -0.25) is 0 Å². The molecule has 21 heavy (non-hydrogen) atoms. The number of nitrogens with zero attached hydrogens (tertiary/aromatic N) is 2. The van der Waals surface area contributed by atoms with Crippen LogP contribution in [0.4, 0.5) is 5.69 Å². The summed E-state index contributed by atoms with van der Waals surface area (Å²) in [5.41, 5.74) is 9.42. The number of hydrogen-bond acceptors (Lipinski definition) is 3. The lowest BCUT2D eigenvalue weighted by atomic mass is 10.1. The molecular weight excluding hydrogens is 286 g/mol. The second-order valence-corrected chi connectivity index (χ2v) is 5.15. The van der Waals surface area contributed by atoms with Crippen molar-refractivity contribution in [3.63, 3.8) is 0 Å². The number of methoxy groups -OCH3 is 1. The number of para-hydroxylation sites is 1. The van der Waals surface area contributed by atoms with Crippen molar-refractivity contribution >= 4 is 28.3 Å². The van der Waals surface area contributed by atoms with Gasteiger partial charge in [0.15, 0.2) is 0 Å². The van der Waals surface area contributed by atoms with Crippen molar-refractivity contribution in [2.24, 2.45) is 0 Å². The molecule has 1 aromatic heterocycles. The van der Waals surface area contributed by atoms with Crippen LogP contribution in [0.2, 0.25) is 5.02 Å². The van der Waals surface area contributed by atoms with E-state index in [1.54, 1.807) is 7.11 Å². The molecule has 0 spiro atoms. The molecule has 2 N–H and O–H groups in total. The van der Waals surface area contributed by atoms with E-state index < -0.39 is 0 Å². The average molecular weight is 302 g/mol. The number of ether oxygens (including phenoxy) is 1. The number of fused-ring (bicyclic) bond motifs is 1. The van der Waals surface area contributed by atoms with Gasteiger partial charge in [-0.15, -0.1) is 0 Å². The Hall–Kier alpha value is -2.20. The first kappa shape index (κ1) is 13.8. The molecule has 0 atom stereocenters. The van der Waals surface area contributed by atoms with Crippen LogP contribution in [0, 0.1) is 0 Å². The van der Waals surface area contributed by atoms with Crippen LogP contribution in [0.5, 0.6) is 5.75 Å². The number of nitrogens with two attached hydrogens (primary N) is 1. The predicted molar refractivity (Wildman–Crippen MR) is 86.8 cm³/mol. The summed E-state index contributed by atoms with van der Waals surface area (Å²) in [5.74, 6) is 1.55. The van der Waals surface area contributed by atoms with Crippen LogP contribution in [0.1, 0.15) is 6.92 Å². The maximum Gasteiger partial charge on any atom is 0.143 e. The fourth-order valence-corrected chi connectivity index (χ4v) is 2.78. The number of halogens is 1. The third-order valence-corrected chi connectivity index (χ3v) is 3.84. The zero-order valence-electron chi connectivity index (χ0n) is 11.9. The average Bonchev–Trinajstić information content (AvgIpc) is 2.87. The predicted octanol–water partition coefficient (Wildman–Crippen LogP) is 3.97. The van der Waals surface area contributed by atoms with Crippen molar-refractivity contribution in [1.82, 2.24) is 9.55 Å². The van der Waals surface area contributed by atoms with Crippen LogP contribution in [-0.4, -0.2) is 16.7 Å². The largest absolute Gasteiger partial charge is 0.497 e. The molecule has 0 aliphatic rings. The first-order valence-corrected chi connectivity index (χ1v) is 7.12. The fourth-order valence-electron chi connectivity index (χ4n) is 2.51. The molecule has 0 saturated carbocycles. The molecule has 0 unspecified atom stereocenters. The Morgan fingerprint density at radius 3 is 2.81 bits per heavy atom. The monoisotopic (exact) mass is 301 g/mol. The number of aromatic nitrogens is 2. The Morgan fingerprint density at radius 1 is 1.29 bits per heavy atom. The van der Waals surface area contributed by atoms with E-state index in [0.717, 1.165) is 34.7 Å². The van der Waals surface area contributed by atoms with E-state index in [0.29, 0.717) is 10.7 Å². The highest BCUT2D eigenvalue weighted by atomic mass is 35.5. The highest BCUT2D eigenvalue weighted by Crippen LogP contribution is 2.34. The maximum atomic E-state index is 6.32. The quantitative estimate of drug-likeness (QED) is 0.745. The summed E-state index contributed by atoms with van der Waals surface area (Å²) in [6.07, 6.45) is 0. The van der Waals surface area contributed by atoms with Crippen molar-refractivity contribution < 1.29 is 4.74 Å². The van der Waals surface area contributed by atoms with Crippen LogP contribution in [0.15, 0.2) is 36.4 Å². The number of anilines is 1. The molecule has 2 aromatic carbocycles. The van der Waals surface area contributed by atoms with Crippen LogP contribution < -0.4 is 10.5 Å². The molecule has 0 bridgehead atoms. The Labute approximate surface area is 128 Å². The number of benzene rings is 2. The van der Waals surface area contributed by atoms with E-state index >= 15 is 0 Å². The summed E-state index contributed by atoms with van der Waals surface area (Å²) >= 11 is 6.32. The fraction of sp³-hybridized carbons (Fsp3) is 0.188. The lowest BCUT2D eigenvalue weighted by Gasteiger charge is -2.10. The Kier molecular flexibility index (Phi) is 3.47. The Bertz CT molecular complexity index is 811.